The van der Waals surface area contributed by atoms with Gasteiger partial charge in [-0.25, -0.2) is 4.79 Å². The molecule has 0 heterocycles. The van der Waals surface area contributed by atoms with Gasteiger partial charge in [0, 0.05) is 0 Å². The molecule has 0 saturated heterocycles. The van der Waals surface area contributed by atoms with Crippen LogP contribution in [-0.2, 0) is 4.74 Å². The van der Waals surface area contributed by atoms with Crippen molar-refractivity contribution in [2.24, 2.45) is 11.8 Å². The van der Waals surface area contributed by atoms with Crippen molar-refractivity contribution >= 4 is 6.09 Å². The lowest BCUT2D eigenvalue weighted by Crippen LogP contribution is -2.42. The number of aliphatic hydroxyl groups is 1. The number of alkyl carbamates (subject to hydrolysis) is 1. The molecule has 0 aromatic rings. The summed E-state index contributed by atoms with van der Waals surface area (Å²) in [6.45, 7) is 7.55. The second-order valence-corrected chi connectivity index (χ2v) is 5.31. The quantitative estimate of drug-likeness (QED) is 0.750. The monoisotopic (exact) mass is 215 g/mol. The van der Waals surface area contributed by atoms with Gasteiger partial charge in [0.15, 0.2) is 0 Å². The number of carbonyl (C=O) groups excluding carboxylic acids is 1. The number of ether oxygens (including phenoxy) is 1. The van der Waals surface area contributed by atoms with Gasteiger partial charge in [-0.1, -0.05) is 6.92 Å². The second-order valence-electron chi connectivity index (χ2n) is 5.31. The first-order chi connectivity index (χ1) is 6.83. The van der Waals surface area contributed by atoms with E-state index in [0.29, 0.717) is 11.8 Å². The second kappa shape index (κ2) is 4.39. The summed E-state index contributed by atoms with van der Waals surface area (Å²) >= 11 is 0. The van der Waals surface area contributed by atoms with Crippen LogP contribution in [0.4, 0.5) is 4.79 Å². The van der Waals surface area contributed by atoms with E-state index in [1.807, 2.05) is 20.8 Å². The van der Waals surface area contributed by atoms with Gasteiger partial charge in [-0.3, -0.25) is 0 Å². The highest BCUT2D eigenvalue weighted by Crippen LogP contribution is 2.40. The van der Waals surface area contributed by atoms with Crippen molar-refractivity contribution in [3.8, 4) is 0 Å². The summed E-state index contributed by atoms with van der Waals surface area (Å²) in [7, 11) is 0. The fourth-order valence-corrected chi connectivity index (χ4v) is 1.66. The summed E-state index contributed by atoms with van der Waals surface area (Å²) in [6, 6.07) is -0.158. The average molecular weight is 215 g/mol. The molecule has 0 radical (unpaired) electrons. The van der Waals surface area contributed by atoms with Crippen LogP contribution in [0.15, 0.2) is 0 Å². The zero-order valence-corrected chi connectivity index (χ0v) is 9.91. The van der Waals surface area contributed by atoms with E-state index >= 15 is 0 Å². The van der Waals surface area contributed by atoms with E-state index in [9.17, 15) is 4.79 Å². The highest BCUT2D eigenvalue weighted by atomic mass is 16.6. The molecule has 0 spiro atoms. The van der Waals surface area contributed by atoms with E-state index < -0.39 is 11.7 Å². The highest BCUT2D eigenvalue weighted by molar-refractivity contribution is 5.68. The van der Waals surface area contributed by atoms with Crippen LogP contribution in [0.1, 0.15) is 34.1 Å². The maximum atomic E-state index is 11.4. The summed E-state index contributed by atoms with van der Waals surface area (Å²) in [5.74, 6) is 1.000. The molecule has 3 atom stereocenters. The minimum atomic E-state index is -0.487. The molecule has 15 heavy (non-hydrogen) atoms. The van der Waals surface area contributed by atoms with Gasteiger partial charge in [0.25, 0.3) is 0 Å². The van der Waals surface area contributed by atoms with Crippen LogP contribution < -0.4 is 5.32 Å². The van der Waals surface area contributed by atoms with Gasteiger partial charge in [-0.05, 0) is 39.0 Å². The Balaban J connectivity index is 2.35. The number of hydrogen-bond donors (Lipinski definition) is 2. The van der Waals surface area contributed by atoms with Crippen molar-refractivity contribution in [1.82, 2.24) is 5.32 Å². The molecule has 1 fully saturated rings. The van der Waals surface area contributed by atoms with Crippen molar-refractivity contribution in [2.45, 2.75) is 45.8 Å². The third-order valence-electron chi connectivity index (χ3n) is 2.59. The maximum Gasteiger partial charge on any atom is 0.407 e. The third-order valence-corrected chi connectivity index (χ3v) is 2.59. The number of carbonyl (C=O) groups is 1. The van der Waals surface area contributed by atoms with Crippen molar-refractivity contribution in [3.05, 3.63) is 0 Å². The number of hydrogen-bond acceptors (Lipinski definition) is 3. The molecule has 1 aliphatic rings. The van der Waals surface area contributed by atoms with Crippen LogP contribution in [0.3, 0.4) is 0 Å². The zero-order valence-electron chi connectivity index (χ0n) is 9.91. The van der Waals surface area contributed by atoms with Gasteiger partial charge in [0.1, 0.15) is 5.60 Å². The number of amides is 1. The van der Waals surface area contributed by atoms with Crippen LogP contribution in [0.2, 0.25) is 0 Å². The minimum Gasteiger partial charge on any atom is -0.444 e. The first-order valence-corrected chi connectivity index (χ1v) is 5.44. The Morgan fingerprint density at radius 1 is 1.60 bits per heavy atom. The predicted molar refractivity (Wildman–Crippen MR) is 57.5 cm³/mol. The standard InChI is InChI=1S/C11H21NO3/c1-7-5-8(7)9(6-13)12-10(14)15-11(2,3)4/h7-9,13H,5-6H2,1-4H3,(H,12,14). The van der Waals surface area contributed by atoms with Crippen molar-refractivity contribution in [3.63, 3.8) is 0 Å². The molecule has 1 saturated carbocycles. The molecule has 4 heteroatoms. The Labute approximate surface area is 91.0 Å². The summed E-state index contributed by atoms with van der Waals surface area (Å²) in [5, 5.41) is 11.8. The lowest BCUT2D eigenvalue weighted by molar-refractivity contribution is 0.0471. The van der Waals surface area contributed by atoms with Gasteiger partial charge in [-0.2, -0.15) is 0 Å². The SMILES string of the molecule is CC1CC1C(CO)NC(=O)OC(C)(C)C. The molecule has 0 aromatic heterocycles. The molecular weight excluding hydrogens is 194 g/mol. The molecule has 2 N–H and O–H groups in total. The zero-order chi connectivity index (χ0) is 11.6. The minimum absolute atomic E-state index is 0.0196. The third kappa shape index (κ3) is 4.08. The first-order valence-electron chi connectivity index (χ1n) is 5.44. The molecule has 88 valence electrons. The molecule has 1 aliphatic carbocycles. The summed E-state index contributed by atoms with van der Waals surface area (Å²) in [5.41, 5.74) is -0.487. The lowest BCUT2D eigenvalue weighted by Gasteiger charge is -2.22. The van der Waals surface area contributed by atoms with Crippen LogP contribution in [-0.4, -0.2) is 29.4 Å². The number of aliphatic hydroxyl groups excluding tert-OH is 1. The molecule has 1 amide bonds. The molecule has 0 bridgehead atoms. The van der Waals surface area contributed by atoms with E-state index in [1.54, 1.807) is 0 Å². The van der Waals surface area contributed by atoms with Gasteiger partial charge in [0.2, 0.25) is 0 Å². The summed E-state index contributed by atoms with van der Waals surface area (Å²) in [6.07, 6.45) is 0.627. The fourth-order valence-electron chi connectivity index (χ4n) is 1.66. The Morgan fingerprint density at radius 3 is 2.47 bits per heavy atom. The van der Waals surface area contributed by atoms with Gasteiger partial charge in [0.05, 0.1) is 12.6 Å². The van der Waals surface area contributed by atoms with Crippen molar-refractivity contribution in [2.75, 3.05) is 6.61 Å². The van der Waals surface area contributed by atoms with Crippen molar-refractivity contribution in [1.29, 1.82) is 0 Å². The normalized spacial score (nSPS) is 27.0. The van der Waals surface area contributed by atoms with Crippen LogP contribution in [0.5, 0.6) is 0 Å². The molecule has 4 nitrogen and oxygen atoms in total. The molecule has 0 aromatic carbocycles. The lowest BCUT2D eigenvalue weighted by atomic mass is 10.1. The van der Waals surface area contributed by atoms with E-state index in [0.717, 1.165) is 6.42 Å². The summed E-state index contributed by atoms with van der Waals surface area (Å²) in [4.78, 5) is 11.4. The predicted octanol–water partition coefficient (Wildman–Crippen LogP) is 1.53. The Kier molecular flexibility index (Phi) is 3.60. The number of rotatable bonds is 3. The molecule has 3 unspecified atom stereocenters. The molecule has 0 aliphatic heterocycles. The van der Waals surface area contributed by atoms with Crippen LogP contribution >= 0.6 is 0 Å². The smallest absolute Gasteiger partial charge is 0.407 e. The highest BCUT2D eigenvalue weighted by Gasteiger charge is 2.40. The fraction of sp³-hybridized carbons (Fsp3) is 0.909. The van der Waals surface area contributed by atoms with Crippen molar-refractivity contribution < 1.29 is 14.6 Å². The largest absolute Gasteiger partial charge is 0.444 e. The van der Waals surface area contributed by atoms with E-state index in [4.69, 9.17) is 9.84 Å². The Bertz CT molecular complexity index is 234. The van der Waals surface area contributed by atoms with Gasteiger partial charge in [-0.15, -0.1) is 0 Å². The Hall–Kier alpha value is -0.770. The van der Waals surface area contributed by atoms with Crippen LogP contribution in [0, 0.1) is 11.8 Å². The van der Waals surface area contributed by atoms with Gasteiger partial charge < -0.3 is 15.2 Å². The van der Waals surface area contributed by atoms with E-state index in [-0.39, 0.29) is 12.6 Å². The Morgan fingerprint density at radius 2 is 2.13 bits per heavy atom. The summed E-state index contributed by atoms with van der Waals surface area (Å²) < 4.78 is 5.12. The topological polar surface area (TPSA) is 58.6 Å². The average Bonchev–Trinajstić information content (AvgIpc) is 2.75. The van der Waals surface area contributed by atoms with E-state index in [2.05, 4.69) is 12.2 Å². The first kappa shape index (κ1) is 12.3. The molecular formula is C11H21NO3. The van der Waals surface area contributed by atoms with Gasteiger partial charge >= 0.3 is 6.09 Å². The van der Waals surface area contributed by atoms with E-state index in [1.165, 1.54) is 0 Å². The molecule has 1 rings (SSSR count). The number of nitrogens with one attached hydrogen (secondary N) is 1. The van der Waals surface area contributed by atoms with Crippen LogP contribution in [0.25, 0.3) is 0 Å². The maximum absolute atomic E-state index is 11.4.